The first-order valence-electron chi connectivity index (χ1n) is 6.03. The number of hydrogen-bond donors (Lipinski definition) is 2. The molecule has 0 radical (unpaired) electrons. The first-order chi connectivity index (χ1) is 8.47. The van der Waals surface area contributed by atoms with Crippen molar-refractivity contribution in [3.63, 3.8) is 0 Å². The summed E-state index contributed by atoms with van der Waals surface area (Å²) in [5.41, 5.74) is 0.799. The Morgan fingerprint density at radius 3 is 2.50 bits per heavy atom. The highest BCUT2D eigenvalue weighted by Gasteiger charge is 2.12. The van der Waals surface area contributed by atoms with Crippen LogP contribution >= 0.6 is 0 Å². The average Bonchev–Trinajstić information content (AvgIpc) is 2.27. The molecular formula is C15H20N2O. The number of carbonyl (C=O) groups is 1. The van der Waals surface area contributed by atoms with E-state index in [1.165, 1.54) is 0 Å². The normalized spacial score (nSPS) is 10.4. The van der Waals surface area contributed by atoms with E-state index < -0.39 is 0 Å². The van der Waals surface area contributed by atoms with Crippen LogP contribution in [0, 0.1) is 11.8 Å². The number of rotatable bonds is 3. The van der Waals surface area contributed by atoms with Crippen molar-refractivity contribution in [2.75, 3.05) is 13.1 Å². The average molecular weight is 244 g/mol. The SMILES string of the molecule is CC(C)(C)NC(=O)CNCC#Cc1ccccc1. The molecule has 0 fully saturated rings. The second-order valence-electron chi connectivity index (χ2n) is 5.07. The Hall–Kier alpha value is -1.79. The monoisotopic (exact) mass is 244 g/mol. The first-order valence-corrected chi connectivity index (χ1v) is 6.03. The Morgan fingerprint density at radius 2 is 1.89 bits per heavy atom. The maximum absolute atomic E-state index is 11.5. The zero-order valence-corrected chi connectivity index (χ0v) is 11.2. The lowest BCUT2D eigenvalue weighted by molar-refractivity contribution is -0.121. The van der Waals surface area contributed by atoms with Crippen LogP contribution in [0.3, 0.4) is 0 Å². The highest BCUT2D eigenvalue weighted by Crippen LogP contribution is 1.97. The van der Waals surface area contributed by atoms with Gasteiger partial charge in [0.1, 0.15) is 0 Å². The fraction of sp³-hybridized carbons (Fsp3) is 0.400. The molecule has 0 heterocycles. The van der Waals surface area contributed by atoms with Crippen LogP contribution in [-0.2, 0) is 4.79 Å². The molecule has 96 valence electrons. The third-order valence-corrected chi connectivity index (χ3v) is 2.02. The van der Waals surface area contributed by atoms with Gasteiger partial charge >= 0.3 is 0 Å². The topological polar surface area (TPSA) is 41.1 Å². The highest BCUT2D eigenvalue weighted by molar-refractivity contribution is 5.78. The Bertz CT molecular complexity index is 435. The molecule has 0 spiro atoms. The minimum absolute atomic E-state index is 0.0102. The van der Waals surface area contributed by atoms with Gasteiger partial charge in [-0.1, -0.05) is 30.0 Å². The van der Waals surface area contributed by atoms with Crippen molar-refractivity contribution >= 4 is 5.91 Å². The lowest BCUT2D eigenvalue weighted by Crippen LogP contribution is -2.44. The summed E-state index contributed by atoms with van der Waals surface area (Å²) in [5.74, 6) is 5.99. The molecule has 0 atom stereocenters. The van der Waals surface area contributed by atoms with E-state index >= 15 is 0 Å². The number of hydrogen-bond acceptors (Lipinski definition) is 2. The minimum atomic E-state index is -0.186. The molecule has 3 heteroatoms. The number of benzene rings is 1. The fourth-order valence-corrected chi connectivity index (χ4v) is 1.37. The van der Waals surface area contributed by atoms with E-state index in [0.29, 0.717) is 13.1 Å². The van der Waals surface area contributed by atoms with Crippen molar-refractivity contribution in [3.8, 4) is 11.8 Å². The van der Waals surface area contributed by atoms with Crippen LogP contribution in [-0.4, -0.2) is 24.5 Å². The molecule has 3 nitrogen and oxygen atoms in total. The van der Waals surface area contributed by atoms with Gasteiger partial charge in [-0.3, -0.25) is 10.1 Å². The molecule has 1 amide bonds. The van der Waals surface area contributed by atoms with E-state index in [2.05, 4.69) is 22.5 Å². The van der Waals surface area contributed by atoms with Gasteiger partial charge in [0.05, 0.1) is 13.1 Å². The maximum atomic E-state index is 11.5. The van der Waals surface area contributed by atoms with Gasteiger partial charge in [0.15, 0.2) is 0 Å². The predicted octanol–water partition coefficient (Wildman–Crippen LogP) is 1.54. The van der Waals surface area contributed by atoms with Crippen molar-refractivity contribution in [1.82, 2.24) is 10.6 Å². The van der Waals surface area contributed by atoms with E-state index in [-0.39, 0.29) is 11.4 Å². The molecule has 0 unspecified atom stereocenters. The molecule has 2 N–H and O–H groups in total. The van der Waals surface area contributed by atoms with E-state index in [1.54, 1.807) is 0 Å². The zero-order valence-electron chi connectivity index (χ0n) is 11.2. The van der Waals surface area contributed by atoms with E-state index in [4.69, 9.17) is 0 Å². The van der Waals surface area contributed by atoms with Crippen molar-refractivity contribution in [2.24, 2.45) is 0 Å². The summed E-state index contributed by atoms with van der Waals surface area (Å²) in [4.78, 5) is 11.5. The van der Waals surface area contributed by atoms with E-state index in [1.807, 2.05) is 51.1 Å². The van der Waals surface area contributed by atoms with Gasteiger partial charge in [-0.05, 0) is 32.9 Å². The molecule has 0 aliphatic carbocycles. The Labute approximate surface area is 109 Å². The predicted molar refractivity (Wildman–Crippen MR) is 74.1 cm³/mol. The molecule has 1 aromatic rings. The summed E-state index contributed by atoms with van der Waals surface area (Å²) < 4.78 is 0. The Morgan fingerprint density at radius 1 is 1.22 bits per heavy atom. The standard InChI is InChI=1S/C15H20N2O/c1-15(2,3)17-14(18)12-16-11-7-10-13-8-5-4-6-9-13/h4-6,8-9,16H,11-12H2,1-3H3,(H,17,18). The highest BCUT2D eigenvalue weighted by atomic mass is 16.2. The quantitative estimate of drug-likeness (QED) is 0.625. The summed E-state index contributed by atoms with van der Waals surface area (Å²) >= 11 is 0. The van der Waals surface area contributed by atoms with Gasteiger partial charge in [-0.15, -0.1) is 0 Å². The second kappa shape index (κ2) is 6.83. The maximum Gasteiger partial charge on any atom is 0.234 e. The molecular weight excluding hydrogens is 224 g/mol. The fourth-order valence-electron chi connectivity index (χ4n) is 1.37. The van der Waals surface area contributed by atoms with Crippen molar-refractivity contribution in [2.45, 2.75) is 26.3 Å². The van der Waals surface area contributed by atoms with Crippen LogP contribution < -0.4 is 10.6 Å². The second-order valence-corrected chi connectivity index (χ2v) is 5.07. The van der Waals surface area contributed by atoms with Gasteiger partial charge in [0, 0.05) is 11.1 Å². The molecule has 0 aliphatic heterocycles. The molecule has 1 rings (SSSR count). The van der Waals surface area contributed by atoms with Crippen molar-refractivity contribution in [1.29, 1.82) is 0 Å². The number of nitrogens with one attached hydrogen (secondary N) is 2. The van der Waals surface area contributed by atoms with Crippen LogP contribution in [0.4, 0.5) is 0 Å². The molecule has 18 heavy (non-hydrogen) atoms. The van der Waals surface area contributed by atoms with Gasteiger partial charge in [-0.2, -0.15) is 0 Å². The van der Waals surface area contributed by atoms with Gasteiger partial charge in [0.25, 0.3) is 0 Å². The molecule has 0 aliphatic rings. The van der Waals surface area contributed by atoms with Gasteiger partial charge in [0.2, 0.25) is 5.91 Å². The minimum Gasteiger partial charge on any atom is -0.350 e. The van der Waals surface area contributed by atoms with Gasteiger partial charge in [-0.25, -0.2) is 0 Å². The van der Waals surface area contributed by atoms with Crippen LogP contribution in [0.5, 0.6) is 0 Å². The van der Waals surface area contributed by atoms with E-state index in [0.717, 1.165) is 5.56 Å². The van der Waals surface area contributed by atoms with E-state index in [9.17, 15) is 4.79 Å². The lowest BCUT2D eigenvalue weighted by Gasteiger charge is -2.20. The molecule has 0 aromatic heterocycles. The van der Waals surface area contributed by atoms with Crippen LogP contribution in [0.15, 0.2) is 30.3 Å². The van der Waals surface area contributed by atoms with Crippen LogP contribution in [0.1, 0.15) is 26.3 Å². The zero-order chi connectivity index (χ0) is 13.4. The first kappa shape index (κ1) is 14.3. The summed E-state index contributed by atoms with van der Waals surface area (Å²) in [7, 11) is 0. The van der Waals surface area contributed by atoms with Crippen molar-refractivity contribution < 1.29 is 4.79 Å². The summed E-state index contributed by atoms with van der Waals surface area (Å²) in [6.07, 6.45) is 0. The third-order valence-electron chi connectivity index (χ3n) is 2.02. The van der Waals surface area contributed by atoms with Crippen LogP contribution in [0.25, 0.3) is 0 Å². The van der Waals surface area contributed by atoms with Gasteiger partial charge < -0.3 is 5.32 Å². The third kappa shape index (κ3) is 6.72. The number of carbonyl (C=O) groups excluding carboxylic acids is 1. The summed E-state index contributed by atoms with van der Waals surface area (Å²) in [6.45, 7) is 6.67. The Kier molecular flexibility index (Phi) is 5.41. The Balaban J connectivity index is 2.24. The number of amides is 1. The molecule has 0 bridgehead atoms. The van der Waals surface area contributed by atoms with Crippen molar-refractivity contribution in [3.05, 3.63) is 35.9 Å². The summed E-state index contributed by atoms with van der Waals surface area (Å²) in [6, 6.07) is 9.78. The summed E-state index contributed by atoms with van der Waals surface area (Å²) in [5, 5.41) is 5.87. The lowest BCUT2D eigenvalue weighted by atomic mass is 10.1. The van der Waals surface area contributed by atoms with Crippen LogP contribution in [0.2, 0.25) is 0 Å². The molecule has 0 saturated heterocycles. The molecule has 0 saturated carbocycles. The largest absolute Gasteiger partial charge is 0.350 e. The smallest absolute Gasteiger partial charge is 0.234 e. The molecule has 1 aromatic carbocycles.